The molecule has 11 heteroatoms. The molecule has 2 aliphatic rings. The summed E-state index contributed by atoms with van der Waals surface area (Å²) in [4.78, 5) is 30.2. The second kappa shape index (κ2) is 11.4. The molecular formula is C18H29FIN7O2. The highest BCUT2D eigenvalue weighted by molar-refractivity contribution is 14.0. The number of nitrogens with zero attached hydrogens (tertiary/aromatic N) is 6. The second-order valence-electron chi connectivity index (χ2n) is 7.12. The molecular weight excluding hydrogens is 492 g/mol. The summed E-state index contributed by atoms with van der Waals surface area (Å²) in [5.41, 5.74) is 0. The summed E-state index contributed by atoms with van der Waals surface area (Å²) in [6, 6.07) is 0. The summed E-state index contributed by atoms with van der Waals surface area (Å²) in [6.07, 6.45) is 4.65. The molecule has 29 heavy (non-hydrogen) atoms. The largest absolute Gasteiger partial charge is 0.376 e. The minimum absolute atomic E-state index is 0. The van der Waals surface area contributed by atoms with E-state index in [2.05, 4.69) is 25.2 Å². The Hall–Kier alpha value is -1.76. The number of carbonyl (C=O) groups is 1. The van der Waals surface area contributed by atoms with Crippen LogP contribution >= 0.6 is 24.0 Å². The molecule has 1 atom stereocenters. The van der Waals surface area contributed by atoms with E-state index in [0.717, 1.165) is 19.4 Å². The third-order valence-electron chi connectivity index (χ3n) is 4.84. The van der Waals surface area contributed by atoms with Crippen molar-refractivity contribution >= 4 is 41.8 Å². The lowest BCUT2D eigenvalue weighted by Crippen LogP contribution is -2.54. The third-order valence-corrected chi connectivity index (χ3v) is 4.84. The molecule has 1 aromatic heterocycles. The first-order valence-electron chi connectivity index (χ1n) is 9.60. The van der Waals surface area contributed by atoms with E-state index in [9.17, 15) is 9.18 Å². The van der Waals surface area contributed by atoms with E-state index < -0.39 is 5.82 Å². The number of guanidine groups is 1. The predicted molar refractivity (Wildman–Crippen MR) is 119 cm³/mol. The van der Waals surface area contributed by atoms with Crippen molar-refractivity contribution in [1.29, 1.82) is 0 Å². The Balaban J connectivity index is 0.00000300. The fraction of sp³-hybridized carbons (Fsp3) is 0.667. The summed E-state index contributed by atoms with van der Waals surface area (Å²) in [5, 5.41) is 3.37. The number of piperazine rings is 1. The molecule has 0 spiro atoms. The summed E-state index contributed by atoms with van der Waals surface area (Å²) in [7, 11) is 3.44. The maximum absolute atomic E-state index is 13.0. The lowest BCUT2D eigenvalue weighted by atomic mass is 10.2. The van der Waals surface area contributed by atoms with Crippen LogP contribution in [0.25, 0.3) is 0 Å². The van der Waals surface area contributed by atoms with Crippen LogP contribution in [-0.4, -0.2) is 97.7 Å². The number of rotatable bonds is 5. The molecule has 0 aromatic carbocycles. The molecule has 1 aromatic rings. The van der Waals surface area contributed by atoms with Crippen LogP contribution in [0.1, 0.15) is 12.8 Å². The van der Waals surface area contributed by atoms with Gasteiger partial charge in [-0.05, 0) is 12.8 Å². The van der Waals surface area contributed by atoms with Gasteiger partial charge in [0.25, 0.3) is 0 Å². The topological polar surface area (TPSA) is 86.2 Å². The number of aromatic nitrogens is 2. The zero-order valence-electron chi connectivity index (χ0n) is 16.9. The summed E-state index contributed by atoms with van der Waals surface area (Å²) in [5.74, 6) is 0.746. The molecule has 2 saturated heterocycles. The van der Waals surface area contributed by atoms with Crippen LogP contribution in [0.3, 0.4) is 0 Å². The molecule has 9 nitrogen and oxygen atoms in total. The van der Waals surface area contributed by atoms with Gasteiger partial charge in [0.15, 0.2) is 11.8 Å². The van der Waals surface area contributed by atoms with E-state index in [-0.39, 0.29) is 42.5 Å². The number of hydrogen-bond acceptors (Lipinski definition) is 6. The highest BCUT2D eigenvalue weighted by Gasteiger charge is 2.23. The minimum Gasteiger partial charge on any atom is -0.376 e. The minimum atomic E-state index is -0.444. The molecule has 0 saturated carbocycles. The number of aliphatic imine (C=N–C) groups is 1. The van der Waals surface area contributed by atoms with Gasteiger partial charge in [-0.25, -0.2) is 19.4 Å². The number of anilines is 1. The van der Waals surface area contributed by atoms with Gasteiger partial charge >= 0.3 is 0 Å². The van der Waals surface area contributed by atoms with Crippen molar-refractivity contribution in [3.8, 4) is 0 Å². The maximum atomic E-state index is 13.0. The Morgan fingerprint density at radius 3 is 2.59 bits per heavy atom. The number of carbonyl (C=O) groups excluding carboxylic acids is 1. The van der Waals surface area contributed by atoms with Gasteiger partial charge in [0.05, 0.1) is 18.5 Å². The molecule has 1 N–H and O–H groups in total. The van der Waals surface area contributed by atoms with Crippen molar-refractivity contribution in [1.82, 2.24) is 25.1 Å². The number of amides is 1. The number of ether oxygens (including phenoxy) is 1. The van der Waals surface area contributed by atoms with E-state index in [0.29, 0.717) is 44.6 Å². The molecule has 3 rings (SSSR count). The summed E-state index contributed by atoms with van der Waals surface area (Å²) in [6.45, 7) is 4.36. The molecule has 0 aliphatic carbocycles. The average molecular weight is 521 g/mol. The van der Waals surface area contributed by atoms with E-state index in [1.54, 1.807) is 14.1 Å². The quantitative estimate of drug-likeness (QED) is 0.345. The molecule has 1 unspecified atom stereocenters. The first-order valence-corrected chi connectivity index (χ1v) is 9.60. The lowest BCUT2D eigenvalue weighted by Gasteiger charge is -2.36. The monoisotopic (exact) mass is 521 g/mol. The van der Waals surface area contributed by atoms with Crippen LogP contribution in [0.5, 0.6) is 0 Å². The molecule has 2 aliphatic heterocycles. The number of halogens is 2. The molecule has 0 radical (unpaired) electrons. The SMILES string of the molecule is CN(C)C(=O)CN=C(NCC1CCCO1)N1CCN(c2ncc(F)cn2)CC1.I. The maximum Gasteiger partial charge on any atom is 0.243 e. The highest BCUT2D eigenvalue weighted by atomic mass is 127. The van der Waals surface area contributed by atoms with Crippen molar-refractivity contribution in [3.63, 3.8) is 0 Å². The zero-order chi connectivity index (χ0) is 19.9. The number of likely N-dealkylation sites (N-methyl/N-ethyl adjacent to an activating group) is 1. The van der Waals surface area contributed by atoms with E-state index in [1.165, 1.54) is 17.3 Å². The van der Waals surface area contributed by atoms with Gasteiger partial charge in [-0.1, -0.05) is 0 Å². The fourth-order valence-electron chi connectivity index (χ4n) is 3.15. The van der Waals surface area contributed by atoms with Gasteiger partial charge < -0.3 is 24.8 Å². The Labute approximate surface area is 187 Å². The van der Waals surface area contributed by atoms with Gasteiger partial charge in [0.2, 0.25) is 11.9 Å². The van der Waals surface area contributed by atoms with Gasteiger partial charge in [0.1, 0.15) is 6.54 Å². The standard InChI is InChI=1S/C18H28FN7O2.HI/c1-24(2)16(27)13-23-18(22-12-15-4-3-9-28-15)26-7-5-25(6-8-26)17-20-10-14(19)11-21-17;/h10-11,15H,3-9,12-13H2,1-2H3,(H,22,23);1H. The van der Waals surface area contributed by atoms with Crippen LogP contribution in [0.15, 0.2) is 17.4 Å². The first-order chi connectivity index (χ1) is 13.5. The number of hydrogen-bond donors (Lipinski definition) is 1. The van der Waals surface area contributed by atoms with Gasteiger partial charge in [-0.15, -0.1) is 24.0 Å². The van der Waals surface area contributed by atoms with Crippen LogP contribution < -0.4 is 10.2 Å². The zero-order valence-corrected chi connectivity index (χ0v) is 19.2. The molecule has 2 fully saturated rings. The molecule has 162 valence electrons. The van der Waals surface area contributed by atoms with Gasteiger partial charge in [-0.3, -0.25) is 4.79 Å². The summed E-state index contributed by atoms with van der Waals surface area (Å²) < 4.78 is 18.7. The predicted octanol–water partition coefficient (Wildman–Crippen LogP) is 0.569. The molecule has 1 amide bonds. The molecule has 3 heterocycles. The molecule has 0 bridgehead atoms. The van der Waals surface area contributed by atoms with Crippen LogP contribution in [-0.2, 0) is 9.53 Å². The number of nitrogens with one attached hydrogen (secondary N) is 1. The normalized spacial score (nSPS) is 19.7. The van der Waals surface area contributed by atoms with Crippen molar-refractivity contribution in [3.05, 3.63) is 18.2 Å². The van der Waals surface area contributed by atoms with E-state index in [1.807, 2.05) is 4.90 Å². The van der Waals surface area contributed by atoms with E-state index >= 15 is 0 Å². The van der Waals surface area contributed by atoms with Crippen LogP contribution in [0.4, 0.5) is 10.3 Å². The van der Waals surface area contributed by atoms with Gasteiger partial charge in [-0.2, -0.15) is 0 Å². The highest BCUT2D eigenvalue weighted by Crippen LogP contribution is 2.13. The van der Waals surface area contributed by atoms with Crippen LogP contribution in [0.2, 0.25) is 0 Å². The van der Waals surface area contributed by atoms with Crippen molar-refractivity contribution < 1.29 is 13.9 Å². The summed E-state index contributed by atoms with van der Waals surface area (Å²) >= 11 is 0. The van der Waals surface area contributed by atoms with Crippen molar-refractivity contribution in [2.45, 2.75) is 18.9 Å². The first kappa shape index (κ1) is 23.5. The Morgan fingerprint density at radius 2 is 2.00 bits per heavy atom. The smallest absolute Gasteiger partial charge is 0.243 e. The van der Waals surface area contributed by atoms with E-state index in [4.69, 9.17) is 4.74 Å². The average Bonchev–Trinajstić information content (AvgIpc) is 3.22. The van der Waals surface area contributed by atoms with Crippen molar-refractivity contribution in [2.75, 3.05) is 64.9 Å². The second-order valence-corrected chi connectivity index (χ2v) is 7.12. The Morgan fingerprint density at radius 1 is 1.31 bits per heavy atom. The Bertz CT molecular complexity index is 675. The fourth-order valence-corrected chi connectivity index (χ4v) is 3.15. The van der Waals surface area contributed by atoms with Crippen molar-refractivity contribution in [2.24, 2.45) is 4.99 Å². The van der Waals surface area contributed by atoms with Crippen LogP contribution in [0, 0.1) is 5.82 Å². The lowest BCUT2D eigenvalue weighted by molar-refractivity contribution is -0.127. The Kier molecular flexibility index (Phi) is 9.27. The van der Waals surface area contributed by atoms with Gasteiger partial charge in [0, 0.05) is 53.4 Å². The third kappa shape index (κ3) is 6.91.